The second-order valence-electron chi connectivity index (χ2n) is 3.97. The Morgan fingerprint density at radius 2 is 2.20 bits per heavy atom. The molecule has 0 spiro atoms. The minimum atomic E-state index is -0.903. The maximum atomic E-state index is 11.8. The van der Waals surface area contributed by atoms with Gasteiger partial charge >= 0.3 is 6.09 Å². The molecule has 0 aliphatic rings. The van der Waals surface area contributed by atoms with E-state index in [-0.39, 0.29) is 19.1 Å². The minimum Gasteiger partial charge on any atom is -0.420 e. The van der Waals surface area contributed by atoms with Crippen molar-refractivity contribution in [3.63, 3.8) is 0 Å². The van der Waals surface area contributed by atoms with Crippen molar-refractivity contribution in [2.24, 2.45) is 5.73 Å². The number of nitrogens with one attached hydrogen (secondary N) is 1. The van der Waals surface area contributed by atoms with E-state index in [2.05, 4.69) is 10.1 Å². The number of nitrogens with two attached hydrogens (primary N) is 1. The zero-order valence-corrected chi connectivity index (χ0v) is 11.9. The van der Waals surface area contributed by atoms with E-state index in [0.29, 0.717) is 11.4 Å². The third-order valence-electron chi connectivity index (χ3n) is 2.37. The maximum Gasteiger partial charge on any atom is 0.406 e. The Kier molecular flexibility index (Phi) is 6.83. The second-order valence-corrected chi connectivity index (χ2v) is 4.23. The van der Waals surface area contributed by atoms with Crippen LogP contribution in [0.1, 0.15) is 22.8 Å². The van der Waals surface area contributed by atoms with Crippen LogP contribution in [0.25, 0.3) is 0 Å². The Morgan fingerprint density at radius 3 is 2.85 bits per heavy atom. The van der Waals surface area contributed by atoms with Crippen LogP contribution in [0.5, 0.6) is 0 Å². The third-order valence-corrected chi connectivity index (χ3v) is 2.67. The highest BCUT2D eigenvalue weighted by Crippen LogP contribution is 2.07. The van der Waals surface area contributed by atoms with Gasteiger partial charge < -0.3 is 20.5 Å². The van der Waals surface area contributed by atoms with Crippen LogP contribution in [0, 0.1) is 0 Å². The summed E-state index contributed by atoms with van der Waals surface area (Å²) < 4.78 is 9.69. The number of rotatable bonds is 7. The molecule has 110 valence electrons. The Balaban J connectivity index is 2.31. The first-order valence-corrected chi connectivity index (χ1v) is 6.57. The van der Waals surface area contributed by atoms with Crippen molar-refractivity contribution in [2.45, 2.75) is 19.1 Å². The summed E-state index contributed by atoms with van der Waals surface area (Å²) in [7, 11) is 0. The van der Waals surface area contributed by atoms with Gasteiger partial charge in [0.05, 0.1) is 6.61 Å². The summed E-state index contributed by atoms with van der Waals surface area (Å²) in [5, 5.41) is 2.68. The normalized spacial score (nSPS) is 11.7. The van der Waals surface area contributed by atoms with Gasteiger partial charge in [0.25, 0.3) is 5.91 Å². The molecule has 7 heteroatoms. The van der Waals surface area contributed by atoms with Gasteiger partial charge in [0.15, 0.2) is 0 Å². The molecule has 0 aliphatic carbocycles. The van der Waals surface area contributed by atoms with Gasteiger partial charge in [-0.1, -0.05) is 12.1 Å². The number of hydrogen-bond donors (Lipinski definition) is 2. The van der Waals surface area contributed by atoms with E-state index in [4.69, 9.17) is 22.1 Å². The molecule has 1 rings (SSSR count). The van der Waals surface area contributed by atoms with Crippen molar-refractivity contribution in [3.05, 3.63) is 35.4 Å². The van der Waals surface area contributed by atoms with Gasteiger partial charge in [-0.25, -0.2) is 4.79 Å². The van der Waals surface area contributed by atoms with Crippen LogP contribution in [-0.4, -0.2) is 31.4 Å². The summed E-state index contributed by atoms with van der Waals surface area (Å²) in [4.78, 5) is 22.3. The number of benzene rings is 1. The van der Waals surface area contributed by atoms with Crippen LogP contribution in [0.3, 0.4) is 0 Å². The van der Waals surface area contributed by atoms with Crippen molar-refractivity contribution < 1.29 is 19.1 Å². The molecule has 20 heavy (non-hydrogen) atoms. The Bertz CT molecular complexity index is 467. The lowest BCUT2D eigenvalue weighted by atomic mass is 10.1. The minimum absolute atomic E-state index is 0.204. The molecule has 0 radical (unpaired) electrons. The van der Waals surface area contributed by atoms with E-state index in [1.54, 1.807) is 18.2 Å². The molecule has 1 aromatic carbocycles. The SMILES string of the molecule is CC(OCCNC(=O)c1cccc(CCl)c1)OC(N)=O. The molecule has 0 saturated heterocycles. The van der Waals surface area contributed by atoms with E-state index in [1.807, 2.05) is 6.07 Å². The van der Waals surface area contributed by atoms with Crippen molar-refractivity contribution in [1.82, 2.24) is 5.32 Å². The van der Waals surface area contributed by atoms with E-state index < -0.39 is 12.4 Å². The van der Waals surface area contributed by atoms with Gasteiger partial charge in [0.1, 0.15) is 0 Å². The molecular formula is C13H17ClN2O4. The molecule has 0 heterocycles. The Labute approximate surface area is 122 Å². The summed E-state index contributed by atoms with van der Waals surface area (Å²) in [6.07, 6.45) is -1.65. The highest BCUT2D eigenvalue weighted by atomic mass is 35.5. The summed E-state index contributed by atoms with van der Waals surface area (Å²) in [6.45, 7) is 2.03. The summed E-state index contributed by atoms with van der Waals surface area (Å²) in [5.41, 5.74) is 6.23. The number of amides is 2. The highest BCUT2D eigenvalue weighted by Gasteiger charge is 2.07. The van der Waals surface area contributed by atoms with Gasteiger partial charge in [-0.15, -0.1) is 11.6 Å². The number of primary amides is 1. The number of halogens is 1. The lowest BCUT2D eigenvalue weighted by molar-refractivity contribution is -0.0869. The van der Waals surface area contributed by atoms with Gasteiger partial charge in [0.2, 0.25) is 6.29 Å². The molecule has 1 unspecified atom stereocenters. The first-order valence-electron chi connectivity index (χ1n) is 6.03. The van der Waals surface area contributed by atoms with Gasteiger partial charge in [-0.2, -0.15) is 0 Å². The molecule has 0 saturated carbocycles. The van der Waals surface area contributed by atoms with Crippen molar-refractivity contribution in [3.8, 4) is 0 Å². The zero-order chi connectivity index (χ0) is 15.0. The monoisotopic (exact) mass is 300 g/mol. The molecule has 0 fully saturated rings. The topological polar surface area (TPSA) is 90.7 Å². The molecule has 6 nitrogen and oxygen atoms in total. The number of hydrogen-bond acceptors (Lipinski definition) is 4. The second kappa shape index (κ2) is 8.39. The highest BCUT2D eigenvalue weighted by molar-refractivity contribution is 6.17. The van der Waals surface area contributed by atoms with Crippen LogP contribution in [0.15, 0.2) is 24.3 Å². The molecule has 1 atom stereocenters. The van der Waals surface area contributed by atoms with E-state index in [0.717, 1.165) is 5.56 Å². The molecule has 3 N–H and O–H groups in total. The Morgan fingerprint density at radius 1 is 1.45 bits per heavy atom. The van der Waals surface area contributed by atoms with Crippen LogP contribution >= 0.6 is 11.6 Å². The first-order chi connectivity index (χ1) is 9.52. The molecule has 1 aromatic rings. The molecular weight excluding hydrogens is 284 g/mol. The average Bonchev–Trinajstić information content (AvgIpc) is 2.42. The lowest BCUT2D eigenvalue weighted by Crippen LogP contribution is -2.30. The predicted molar refractivity (Wildman–Crippen MR) is 74.4 cm³/mol. The fourth-order valence-corrected chi connectivity index (χ4v) is 1.65. The van der Waals surface area contributed by atoms with Gasteiger partial charge in [0, 0.05) is 18.0 Å². The fourth-order valence-electron chi connectivity index (χ4n) is 1.48. The van der Waals surface area contributed by atoms with Crippen LogP contribution in [0.2, 0.25) is 0 Å². The number of carbonyl (C=O) groups excluding carboxylic acids is 2. The average molecular weight is 301 g/mol. The van der Waals surface area contributed by atoms with Crippen molar-refractivity contribution in [1.29, 1.82) is 0 Å². The summed E-state index contributed by atoms with van der Waals surface area (Å²) in [5.74, 6) is 0.135. The molecule has 2 amide bonds. The first kappa shape index (κ1) is 16.3. The van der Waals surface area contributed by atoms with Crippen LogP contribution in [0.4, 0.5) is 4.79 Å². The fraction of sp³-hybridized carbons (Fsp3) is 0.385. The van der Waals surface area contributed by atoms with Crippen LogP contribution < -0.4 is 11.1 Å². The lowest BCUT2D eigenvalue weighted by Gasteiger charge is -2.12. The maximum absolute atomic E-state index is 11.8. The molecule has 0 aliphatic heterocycles. The summed E-state index contributed by atoms with van der Waals surface area (Å²) >= 11 is 5.70. The quantitative estimate of drug-likeness (QED) is 0.455. The van der Waals surface area contributed by atoms with E-state index >= 15 is 0 Å². The van der Waals surface area contributed by atoms with Gasteiger partial charge in [-0.3, -0.25) is 4.79 Å². The smallest absolute Gasteiger partial charge is 0.406 e. The zero-order valence-electron chi connectivity index (χ0n) is 11.1. The summed E-state index contributed by atoms with van der Waals surface area (Å²) in [6, 6.07) is 7.04. The number of ether oxygens (including phenoxy) is 2. The largest absolute Gasteiger partial charge is 0.420 e. The third kappa shape index (κ3) is 5.90. The van der Waals surface area contributed by atoms with Gasteiger partial charge in [-0.05, 0) is 24.6 Å². The molecule has 0 aromatic heterocycles. The van der Waals surface area contributed by atoms with Crippen LogP contribution in [-0.2, 0) is 15.4 Å². The Hall–Kier alpha value is -1.79. The predicted octanol–water partition coefficient (Wildman–Crippen LogP) is 1.61. The van der Waals surface area contributed by atoms with Crippen molar-refractivity contribution >= 4 is 23.6 Å². The van der Waals surface area contributed by atoms with E-state index in [9.17, 15) is 9.59 Å². The number of alkyl halides is 1. The van der Waals surface area contributed by atoms with E-state index in [1.165, 1.54) is 6.92 Å². The van der Waals surface area contributed by atoms with Crippen molar-refractivity contribution in [2.75, 3.05) is 13.2 Å². The number of carbonyl (C=O) groups is 2. The standard InChI is InChI=1S/C13H17ClN2O4/c1-9(20-13(15)18)19-6-5-16-12(17)11-4-2-3-10(7-11)8-14/h2-4,7,9H,5-6,8H2,1H3,(H2,15,18)(H,16,17). The molecule has 0 bridgehead atoms.